The molecule has 0 aromatic carbocycles. The van der Waals surface area contributed by atoms with Crippen LogP contribution < -0.4 is 5.32 Å². The molecule has 2 unspecified atom stereocenters. The number of hydrogen-bond acceptors (Lipinski definition) is 3. The van der Waals surface area contributed by atoms with Crippen molar-refractivity contribution in [3.05, 3.63) is 47.0 Å². The zero-order valence-corrected chi connectivity index (χ0v) is 12.3. The molecule has 0 saturated heterocycles. The Kier molecular flexibility index (Phi) is 4.00. The van der Waals surface area contributed by atoms with E-state index in [0.717, 1.165) is 5.69 Å². The summed E-state index contributed by atoms with van der Waals surface area (Å²) in [5, 5.41) is 8.09. The van der Waals surface area contributed by atoms with Gasteiger partial charge in [0.15, 0.2) is 0 Å². The van der Waals surface area contributed by atoms with Crippen LogP contribution in [0.4, 0.5) is 0 Å². The van der Waals surface area contributed by atoms with E-state index in [1.165, 1.54) is 16.8 Å². The fraction of sp³-hybridized carbons (Fsp3) is 0.467. The molecule has 102 valence electrons. The third-order valence-electron chi connectivity index (χ3n) is 3.68. The summed E-state index contributed by atoms with van der Waals surface area (Å²) in [6, 6.07) is 4.60. The Balaban J connectivity index is 2.15. The van der Waals surface area contributed by atoms with Crippen molar-refractivity contribution in [1.82, 2.24) is 20.1 Å². The number of pyridine rings is 1. The summed E-state index contributed by atoms with van der Waals surface area (Å²) in [5.41, 5.74) is 4.81. The van der Waals surface area contributed by atoms with Gasteiger partial charge in [-0.15, -0.1) is 0 Å². The van der Waals surface area contributed by atoms with Crippen molar-refractivity contribution in [1.29, 1.82) is 0 Å². The molecule has 4 nitrogen and oxygen atoms in total. The van der Waals surface area contributed by atoms with Gasteiger partial charge in [0.05, 0.1) is 5.69 Å². The summed E-state index contributed by atoms with van der Waals surface area (Å²) in [6.45, 7) is 8.52. The minimum absolute atomic E-state index is 0.266. The lowest BCUT2D eigenvalue weighted by Crippen LogP contribution is -2.23. The molecule has 2 rings (SSSR count). The molecule has 2 atom stereocenters. The molecule has 1 N–H and O–H groups in total. The summed E-state index contributed by atoms with van der Waals surface area (Å²) >= 11 is 0. The topological polar surface area (TPSA) is 42.7 Å². The smallest absolute Gasteiger partial charge is 0.0644 e. The van der Waals surface area contributed by atoms with E-state index in [1.54, 1.807) is 6.20 Å². The van der Waals surface area contributed by atoms with Crippen molar-refractivity contribution in [2.75, 3.05) is 0 Å². The van der Waals surface area contributed by atoms with Crippen LogP contribution in [-0.4, -0.2) is 14.8 Å². The van der Waals surface area contributed by atoms with E-state index in [2.05, 4.69) is 49.2 Å². The van der Waals surface area contributed by atoms with Gasteiger partial charge in [0, 0.05) is 42.8 Å². The van der Waals surface area contributed by atoms with Crippen LogP contribution in [0.1, 0.15) is 48.4 Å². The summed E-state index contributed by atoms with van der Waals surface area (Å²) < 4.78 is 1.94. The second-order valence-corrected chi connectivity index (χ2v) is 5.10. The molecular weight excluding hydrogens is 236 g/mol. The van der Waals surface area contributed by atoms with Crippen LogP contribution in [0.15, 0.2) is 24.5 Å². The lowest BCUT2D eigenvalue weighted by atomic mass is 10.0. The number of hydrogen-bond donors (Lipinski definition) is 1. The minimum atomic E-state index is 0.266. The normalized spacial score (nSPS) is 14.4. The molecule has 0 spiro atoms. The first-order valence-electron chi connectivity index (χ1n) is 6.66. The largest absolute Gasteiger partial charge is 0.303 e. The minimum Gasteiger partial charge on any atom is -0.303 e. The van der Waals surface area contributed by atoms with Crippen LogP contribution in [0.2, 0.25) is 0 Å². The Labute approximate surface area is 114 Å². The molecule has 0 aliphatic heterocycles. The number of nitrogens with one attached hydrogen (secondary N) is 1. The predicted molar refractivity (Wildman–Crippen MR) is 76.9 cm³/mol. The molecule has 19 heavy (non-hydrogen) atoms. The first-order chi connectivity index (χ1) is 9.00. The van der Waals surface area contributed by atoms with Crippen LogP contribution in [-0.2, 0) is 7.05 Å². The summed E-state index contributed by atoms with van der Waals surface area (Å²) in [5.74, 6) is 0. The average Bonchev–Trinajstić information content (AvgIpc) is 2.64. The Hall–Kier alpha value is -1.68. The highest BCUT2D eigenvalue weighted by Crippen LogP contribution is 2.23. The van der Waals surface area contributed by atoms with E-state index in [-0.39, 0.29) is 12.1 Å². The Morgan fingerprint density at radius 1 is 1.21 bits per heavy atom. The van der Waals surface area contributed by atoms with Gasteiger partial charge in [-0.3, -0.25) is 9.67 Å². The van der Waals surface area contributed by atoms with Crippen LogP contribution >= 0.6 is 0 Å². The van der Waals surface area contributed by atoms with Crippen LogP contribution in [0, 0.1) is 13.8 Å². The summed E-state index contributed by atoms with van der Waals surface area (Å²) in [6.07, 6.45) is 3.71. The average molecular weight is 258 g/mol. The first-order valence-corrected chi connectivity index (χ1v) is 6.66. The highest BCUT2D eigenvalue weighted by molar-refractivity contribution is 5.28. The number of nitrogens with zero attached hydrogens (tertiary/aromatic N) is 3. The molecule has 0 fully saturated rings. The van der Waals surface area contributed by atoms with Crippen LogP contribution in [0.3, 0.4) is 0 Å². The van der Waals surface area contributed by atoms with Crippen molar-refractivity contribution in [3.8, 4) is 0 Å². The second kappa shape index (κ2) is 5.53. The molecular formula is C15H22N4. The van der Waals surface area contributed by atoms with Crippen molar-refractivity contribution >= 4 is 0 Å². The maximum Gasteiger partial charge on any atom is 0.0644 e. The van der Waals surface area contributed by atoms with E-state index in [1.807, 2.05) is 24.0 Å². The molecule has 0 amide bonds. The number of aromatic nitrogens is 3. The standard InChI is InChI=1S/C15H22N4/c1-10(14-7-6-8-16-9-14)17-11(2)15-12(3)18-19(5)13(15)4/h6-11,17H,1-5H3. The van der Waals surface area contributed by atoms with E-state index >= 15 is 0 Å². The van der Waals surface area contributed by atoms with Gasteiger partial charge in [0.2, 0.25) is 0 Å². The summed E-state index contributed by atoms with van der Waals surface area (Å²) in [7, 11) is 1.99. The van der Waals surface area contributed by atoms with Crippen molar-refractivity contribution in [3.63, 3.8) is 0 Å². The Morgan fingerprint density at radius 2 is 1.95 bits per heavy atom. The summed E-state index contributed by atoms with van der Waals surface area (Å²) in [4.78, 5) is 4.17. The maximum atomic E-state index is 4.48. The SMILES string of the molecule is Cc1nn(C)c(C)c1C(C)NC(C)c1cccnc1. The van der Waals surface area contributed by atoms with E-state index in [9.17, 15) is 0 Å². The third kappa shape index (κ3) is 2.84. The monoisotopic (exact) mass is 258 g/mol. The quantitative estimate of drug-likeness (QED) is 0.917. The molecule has 4 heteroatoms. The fourth-order valence-corrected chi connectivity index (χ4v) is 2.60. The van der Waals surface area contributed by atoms with Gasteiger partial charge in [-0.25, -0.2) is 0 Å². The Bertz CT molecular complexity index is 545. The number of rotatable bonds is 4. The highest BCUT2D eigenvalue weighted by Gasteiger charge is 2.18. The van der Waals surface area contributed by atoms with Gasteiger partial charge in [-0.05, 0) is 39.3 Å². The number of aryl methyl sites for hydroxylation is 2. The van der Waals surface area contributed by atoms with Crippen molar-refractivity contribution in [2.24, 2.45) is 7.05 Å². The van der Waals surface area contributed by atoms with Gasteiger partial charge in [0.25, 0.3) is 0 Å². The molecule has 0 bridgehead atoms. The maximum absolute atomic E-state index is 4.48. The Morgan fingerprint density at radius 3 is 2.47 bits per heavy atom. The van der Waals surface area contributed by atoms with Gasteiger partial charge >= 0.3 is 0 Å². The molecule has 2 aromatic rings. The predicted octanol–water partition coefficient (Wildman–Crippen LogP) is 2.84. The second-order valence-electron chi connectivity index (χ2n) is 5.10. The third-order valence-corrected chi connectivity index (χ3v) is 3.68. The zero-order valence-electron chi connectivity index (χ0n) is 12.3. The van der Waals surface area contributed by atoms with Gasteiger partial charge in [-0.1, -0.05) is 6.07 Å². The molecule has 0 aliphatic rings. The molecule has 2 aromatic heterocycles. The lowest BCUT2D eigenvalue weighted by Gasteiger charge is -2.20. The van der Waals surface area contributed by atoms with E-state index < -0.39 is 0 Å². The first kappa shape index (κ1) is 13.7. The molecule has 0 radical (unpaired) electrons. The van der Waals surface area contributed by atoms with Crippen molar-refractivity contribution in [2.45, 2.75) is 39.8 Å². The van der Waals surface area contributed by atoms with Crippen LogP contribution in [0.5, 0.6) is 0 Å². The van der Waals surface area contributed by atoms with Gasteiger partial charge in [-0.2, -0.15) is 5.10 Å². The van der Waals surface area contributed by atoms with E-state index in [0.29, 0.717) is 0 Å². The molecule has 0 aliphatic carbocycles. The van der Waals surface area contributed by atoms with Gasteiger partial charge < -0.3 is 5.32 Å². The van der Waals surface area contributed by atoms with Crippen molar-refractivity contribution < 1.29 is 0 Å². The highest BCUT2D eigenvalue weighted by atomic mass is 15.3. The van der Waals surface area contributed by atoms with E-state index in [4.69, 9.17) is 0 Å². The molecule has 2 heterocycles. The van der Waals surface area contributed by atoms with Gasteiger partial charge in [0.1, 0.15) is 0 Å². The lowest BCUT2D eigenvalue weighted by molar-refractivity contribution is 0.490. The van der Waals surface area contributed by atoms with Crippen LogP contribution in [0.25, 0.3) is 0 Å². The molecule has 0 saturated carbocycles. The zero-order chi connectivity index (χ0) is 14.0. The fourth-order valence-electron chi connectivity index (χ4n) is 2.60.